The number of ketones is 1. The summed E-state index contributed by atoms with van der Waals surface area (Å²) in [4.78, 5) is 24.4. The third-order valence-corrected chi connectivity index (χ3v) is 4.76. The number of hydrogen-bond acceptors (Lipinski definition) is 4. The third-order valence-electron chi connectivity index (χ3n) is 4.53. The zero-order chi connectivity index (χ0) is 19.1. The van der Waals surface area contributed by atoms with E-state index in [0.29, 0.717) is 27.5 Å². The van der Waals surface area contributed by atoms with E-state index in [0.717, 1.165) is 0 Å². The lowest BCUT2D eigenvalue weighted by atomic mass is 9.85. The van der Waals surface area contributed by atoms with Crippen LogP contribution in [0.2, 0.25) is 5.02 Å². The Morgan fingerprint density at radius 3 is 2.54 bits per heavy atom. The molecule has 2 N–H and O–H groups in total. The van der Waals surface area contributed by atoms with Crippen LogP contribution < -0.4 is 10.1 Å². The first-order valence-corrected chi connectivity index (χ1v) is 8.65. The standard InChI is InChI=1S/C20H20ClNO4/c1-11(23)12-7-8-16-15(10-12)17(18(24)20(2,3)26-16)22-19(25)13-5-4-6-14(21)9-13/h4-10,17-18,24H,1-3H3,(H,22,25). The molecule has 2 aromatic rings. The van der Waals surface area contributed by atoms with Crippen LogP contribution >= 0.6 is 11.6 Å². The van der Waals surface area contributed by atoms with E-state index < -0.39 is 17.7 Å². The number of halogens is 1. The number of aliphatic hydroxyl groups excluding tert-OH is 1. The molecule has 1 aliphatic heterocycles. The van der Waals surface area contributed by atoms with E-state index in [1.165, 1.54) is 6.92 Å². The number of Topliss-reactive ketones (excluding diaryl/α,β-unsaturated/α-hetero) is 1. The Kier molecular flexibility index (Phi) is 4.78. The second-order valence-corrected chi connectivity index (χ2v) is 7.36. The first-order valence-electron chi connectivity index (χ1n) is 8.27. The molecule has 26 heavy (non-hydrogen) atoms. The molecule has 0 bridgehead atoms. The van der Waals surface area contributed by atoms with Gasteiger partial charge in [0.25, 0.3) is 5.91 Å². The van der Waals surface area contributed by atoms with Crippen molar-refractivity contribution in [1.29, 1.82) is 0 Å². The van der Waals surface area contributed by atoms with Gasteiger partial charge in [-0.25, -0.2) is 0 Å². The summed E-state index contributed by atoms with van der Waals surface area (Å²) < 4.78 is 5.87. The van der Waals surface area contributed by atoms with E-state index in [2.05, 4.69) is 5.32 Å². The van der Waals surface area contributed by atoms with Crippen molar-refractivity contribution in [2.24, 2.45) is 0 Å². The second-order valence-electron chi connectivity index (χ2n) is 6.92. The molecule has 0 fully saturated rings. The Labute approximate surface area is 156 Å². The van der Waals surface area contributed by atoms with Crippen LogP contribution in [-0.4, -0.2) is 28.5 Å². The fraction of sp³-hybridized carbons (Fsp3) is 0.300. The fourth-order valence-electron chi connectivity index (χ4n) is 3.03. The van der Waals surface area contributed by atoms with Gasteiger partial charge in [0.2, 0.25) is 0 Å². The molecule has 0 radical (unpaired) electrons. The lowest BCUT2D eigenvalue weighted by Gasteiger charge is -2.42. The number of fused-ring (bicyclic) bond motifs is 1. The van der Waals surface area contributed by atoms with Crippen molar-refractivity contribution in [2.75, 3.05) is 0 Å². The predicted molar refractivity (Wildman–Crippen MR) is 98.8 cm³/mol. The van der Waals surface area contributed by atoms with Crippen LogP contribution in [0, 0.1) is 0 Å². The smallest absolute Gasteiger partial charge is 0.251 e. The van der Waals surface area contributed by atoms with Crippen LogP contribution in [0.15, 0.2) is 42.5 Å². The maximum absolute atomic E-state index is 12.7. The predicted octanol–water partition coefficient (Wildman–Crippen LogP) is 3.55. The van der Waals surface area contributed by atoms with Crippen LogP contribution in [-0.2, 0) is 0 Å². The number of hydrogen-bond donors (Lipinski definition) is 2. The molecule has 136 valence electrons. The van der Waals surface area contributed by atoms with Gasteiger partial charge >= 0.3 is 0 Å². The molecule has 2 atom stereocenters. The van der Waals surface area contributed by atoms with Crippen molar-refractivity contribution in [3.63, 3.8) is 0 Å². The molecule has 2 aromatic carbocycles. The molecule has 0 aliphatic carbocycles. The number of nitrogens with one attached hydrogen (secondary N) is 1. The van der Waals surface area contributed by atoms with Gasteiger partial charge in [0.1, 0.15) is 17.5 Å². The molecular formula is C20H20ClNO4. The highest BCUT2D eigenvalue weighted by Crippen LogP contribution is 2.40. The van der Waals surface area contributed by atoms with E-state index in [4.69, 9.17) is 16.3 Å². The number of carbonyl (C=O) groups is 2. The molecule has 6 heteroatoms. The van der Waals surface area contributed by atoms with Gasteiger partial charge in [0.15, 0.2) is 5.78 Å². The summed E-state index contributed by atoms with van der Waals surface area (Å²) in [5, 5.41) is 14.1. The van der Waals surface area contributed by atoms with Crippen LogP contribution in [0.25, 0.3) is 0 Å². The van der Waals surface area contributed by atoms with Crippen LogP contribution in [0.1, 0.15) is 53.1 Å². The Morgan fingerprint density at radius 2 is 1.88 bits per heavy atom. The molecule has 0 saturated heterocycles. The molecule has 1 heterocycles. The lowest BCUT2D eigenvalue weighted by Crippen LogP contribution is -2.53. The van der Waals surface area contributed by atoms with Crippen LogP contribution in [0.5, 0.6) is 5.75 Å². The van der Waals surface area contributed by atoms with Crippen molar-refractivity contribution in [2.45, 2.75) is 38.5 Å². The summed E-state index contributed by atoms with van der Waals surface area (Å²) in [5.41, 5.74) is 0.538. The molecule has 0 saturated carbocycles. The van der Waals surface area contributed by atoms with Gasteiger partial charge in [-0.05, 0) is 57.2 Å². The third kappa shape index (κ3) is 3.45. The van der Waals surface area contributed by atoms with Gasteiger partial charge in [-0.15, -0.1) is 0 Å². The van der Waals surface area contributed by atoms with E-state index in [1.807, 2.05) is 0 Å². The molecule has 3 rings (SSSR count). The fourth-order valence-corrected chi connectivity index (χ4v) is 3.22. The lowest BCUT2D eigenvalue weighted by molar-refractivity contribution is -0.0627. The summed E-state index contributed by atoms with van der Waals surface area (Å²) in [7, 11) is 0. The van der Waals surface area contributed by atoms with Crippen molar-refractivity contribution >= 4 is 23.3 Å². The van der Waals surface area contributed by atoms with E-state index in [9.17, 15) is 14.7 Å². The zero-order valence-electron chi connectivity index (χ0n) is 14.7. The molecule has 2 unspecified atom stereocenters. The first-order chi connectivity index (χ1) is 12.2. The minimum absolute atomic E-state index is 0.105. The molecule has 0 aromatic heterocycles. The normalized spacial score (nSPS) is 20.7. The van der Waals surface area contributed by atoms with Crippen molar-refractivity contribution in [3.05, 3.63) is 64.2 Å². The summed E-state index contributed by atoms with van der Waals surface area (Å²) in [6.07, 6.45) is -1.000. The molecular weight excluding hydrogens is 354 g/mol. The largest absolute Gasteiger partial charge is 0.485 e. The number of aliphatic hydroxyl groups is 1. The number of benzene rings is 2. The Bertz CT molecular complexity index is 878. The van der Waals surface area contributed by atoms with Crippen molar-refractivity contribution < 1.29 is 19.4 Å². The highest BCUT2D eigenvalue weighted by Gasteiger charge is 2.43. The maximum atomic E-state index is 12.7. The summed E-state index contributed by atoms with van der Waals surface area (Å²) in [6, 6.07) is 10.9. The Balaban J connectivity index is 2.00. The first kappa shape index (κ1) is 18.4. The van der Waals surface area contributed by atoms with Gasteiger partial charge in [-0.3, -0.25) is 9.59 Å². The highest BCUT2D eigenvalue weighted by atomic mass is 35.5. The number of carbonyl (C=O) groups excluding carboxylic acids is 2. The van der Waals surface area contributed by atoms with Gasteiger partial charge < -0.3 is 15.2 Å². The monoisotopic (exact) mass is 373 g/mol. The highest BCUT2D eigenvalue weighted by molar-refractivity contribution is 6.30. The van der Waals surface area contributed by atoms with Gasteiger partial charge in [0.05, 0.1) is 6.04 Å². The minimum atomic E-state index is -1.000. The van der Waals surface area contributed by atoms with E-state index in [1.54, 1.807) is 56.3 Å². The average Bonchev–Trinajstić information content (AvgIpc) is 2.58. The summed E-state index contributed by atoms with van der Waals surface area (Å²) in [6.45, 7) is 4.96. The Morgan fingerprint density at radius 1 is 1.15 bits per heavy atom. The van der Waals surface area contributed by atoms with Crippen LogP contribution in [0.4, 0.5) is 0 Å². The minimum Gasteiger partial charge on any atom is -0.485 e. The molecule has 0 spiro atoms. The number of amides is 1. The topological polar surface area (TPSA) is 75.6 Å². The van der Waals surface area contributed by atoms with E-state index in [-0.39, 0.29) is 11.7 Å². The van der Waals surface area contributed by atoms with Gasteiger partial charge in [0, 0.05) is 21.7 Å². The SMILES string of the molecule is CC(=O)c1ccc2c(c1)C(NC(=O)c1cccc(Cl)c1)C(O)C(C)(C)O2. The summed E-state index contributed by atoms with van der Waals surface area (Å²) >= 11 is 5.96. The number of ether oxygens (including phenoxy) is 1. The number of rotatable bonds is 3. The van der Waals surface area contributed by atoms with Crippen molar-refractivity contribution in [1.82, 2.24) is 5.32 Å². The molecule has 1 aliphatic rings. The zero-order valence-corrected chi connectivity index (χ0v) is 15.5. The average molecular weight is 374 g/mol. The quantitative estimate of drug-likeness (QED) is 0.807. The van der Waals surface area contributed by atoms with Gasteiger partial charge in [-0.1, -0.05) is 17.7 Å². The molecule has 5 nitrogen and oxygen atoms in total. The molecule has 1 amide bonds. The maximum Gasteiger partial charge on any atom is 0.251 e. The summed E-state index contributed by atoms with van der Waals surface area (Å²) in [5.74, 6) is 0.0576. The van der Waals surface area contributed by atoms with E-state index >= 15 is 0 Å². The Hall–Kier alpha value is -2.37. The van der Waals surface area contributed by atoms with Gasteiger partial charge in [-0.2, -0.15) is 0 Å². The van der Waals surface area contributed by atoms with Crippen LogP contribution in [0.3, 0.4) is 0 Å². The van der Waals surface area contributed by atoms with Crippen molar-refractivity contribution in [3.8, 4) is 5.75 Å². The second kappa shape index (κ2) is 6.74.